The van der Waals surface area contributed by atoms with E-state index in [0.29, 0.717) is 22.4 Å². The summed E-state index contributed by atoms with van der Waals surface area (Å²) in [7, 11) is 1.37. The molecule has 5 heteroatoms. The number of rotatable bonds is 2. The standard InChI is InChI=1S/C11H10Cl2O3/c1-15-10(14)2-6-5-16-11-8(6)3-7(12)4-9(11)13/h3-4,6H,2,5H2,1H3/t6-/m0/s1. The van der Waals surface area contributed by atoms with Gasteiger partial charge in [0.25, 0.3) is 0 Å². The van der Waals surface area contributed by atoms with Crippen molar-refractivity contribution >= 4 is 29.2 Å². The Bertz CT molecular complexity index is 431. The van der Waals surface area contributed by atoms with Gasteiger partial charge in [0.1, 0.15) is 5.75 Å². The van der Waals surface area contributed by atoms with Crippen LogP contribution in [0, 0.1) is 0 Å². The van der Waals surface area contributed by atoms with Gasteiger partial charge >= 0.3 is 5.97 Å². The summed E-state index contributed by atoms with van der Waals surface area (Å²) in [5.41, 5.74) is 0.878. The van der Waals surface area contributed by atoms with Crippen molar-refractivity contribution in [2.75, 3.05) is 13.7 Å². The average Bonchev–Trinajstić information content (AvgIpc) is 2.61. The third-order valence-corrected chi connectivity index (χ3v) is 3.05. The van der Waals surface area contributed by atoms with Crippen LogP contribution in [-0.4, -0.2) is 19.7 Å². The van der Waals surface area contributed by atoms with Crippen LogP contribution in [0.3, 0.4) is 0 Å². The Labute approximate surface area is 103 Å². The van der Waals surface area contributed by atoms with E-state index in [4.69, 9.17) is 27.9 Å². The topological polar surface area (TPSA) is 35.5 Å². The fourth-order valence-electron chi connectivity index (χ4n) is 1.76. The second-order valence-corrected chi connectivity index (χ2v) is 4.44. The first-order valence-corrected chi connectivity index (χ1v) is 5.56. The first-order valence-electron chi connectivity index (χ1n) is 4.80. The van der Waals surface area contributed by atoms with Crippen molar-refractivity contribution in [3.8, 4) is 5.75 Å². The number of carbonyl (C=O) groups is 1. The summed E-state index contributed by atoms with van der Waals surface area (Å²) in [5, 5.41) is 1.03. The van der Waals surface area contributed by atoms with E-state index in [9.17, 15) is 4.79 Å². The van der Waals surface area contributed by atoms with E-state index in [0.717, 1.165) is 5.56 Å². The van der Waals surface area contributed by atoms with Crippen LogP contribution in [0.25, 0.3) is 0 Å². The van der Waals surface area contributed by atoms with E-state index in [2.05, 4.69) is 4.74 Å². The van der Waals surface area contributed by atoms with E-state index < -0.39 is 0 Å². The van der Waals surface area contributed by atoms with Crippen molar-refractivity contribution in [1.29, 1.82) is 0 Å². The normalized spacial score (nSPS) is 17.8. The smallest absolute Gasteiger partial charge is 0.306 e. The number of benzene rings is 1. The molecule has 86 valence electrons. The maximum Gasteiger partial charge on any atom is 0.306 e. The molecular formula is C11H10Cl2O3. The largest absolute Gasteiger partial charge is 0.491 e. The molecule has 1 atom stereocenters. The summed E-state index contributed by atoms with van der Waals surface area (Å²) in [4.78, 5) is 11.2. The van der Waals surface area contributed by atoms with Gasteiger partial charge in [-0.3, -0.25) is 4.79 Å². The first kappa shape index (κ1) is 11.6. The van der Waals surface area contributed by atoms with Crippen LogP contribution in [0.5, 0.6) is 5.75 Å². The lowest BCUT2D eigenvalue weighted by atomic mass is 9.98. The van der Waals surface area contributed by atoms with Gasteiger partial charge in [0.15, 0.2) is 0 Å². The van der Waals surface area contributed by atoms with E-state index in [1.165, 1.54) is 7.11 Å². The Balaban J connectivity index is 2.28. The van der Waals surface area contributed by atoms with E-state index in [-0.39, 0.29) is 18.3 Å². The summed E-state index contributed by atoms with van der Waals surface area (Å²) in [6, 6.07) is 3.41. The van der Waals surface area contributed by atoms with Gasteiger partial charge in [0, 0.05) is 16.5 Å². The minimum Gasteiger partial charge on any atom is -0.491 e. The average molecular weight is 261 g/mol. The molecule has 1 aliphatic heterocycles. The molecule has 0 saturated heterocycles. The maximum absolute atomic E-state index is 11.2. The summed E-state index contributed by atoms with van der Waals surface area (Å²) >= 11 is 11.9. The van der Waals surface area contributed by atoms with Crippen LogP contribution in [-0.2, 0) is 9.53 Å². The molecule has 0 aliphatic carbocycles. The number of hydrogen-bond donors (Lipinski definition) is 0. The molecule has 0 aromatic heterocycles. The molecule has 1 aromatic rings. The lowest BCUT2D eigenvalue weighted by Gasteiger charge is -2.07. The highest BCUT2D eigenvalue weighted by Gasteiger charge is 2.29. The molecule has 0 radical (unpaired) electrons. The molecule has 16 heavy (non-hydrogen) atoms. The summed E-state index contributed by atoms with van der Waals surface area (Å²) < 4.78 is 10.1. The molecule has 0 fully saturated rings. The second-order valence-electron chi connectivity index (χ2n) is 3.59. The molecule has 0 spiro atoms. The van der Waals surface area contributed by atoms with Crippen molar-refractivity contribution in [2.24, 2.45) is 0 Å². The zero-order valence-corrected chi connectivity index (χ0v) is 10.1. The van der Waals surface area contributed by atoms with Crippen molar-refractivity contribution < 1.29 is 14.3 Å². The Morgan fingerprint density at radius 2 is 2.31 bits per heavy atom. The maximum atomic E-state index is 11.2. The molecule has 1 aromatic carbocycles. The number of fused-ring (bicyclic) bond motifs is 1. The monoisotopic (exact) mass is 260 g/mol. The number of halogens is 2. The fourth-order valence-corrected chi connectivity index (χ4v) is 2.33. The highest BCUT2D eigenvalue weighted by atomic mass is 35.5. The van der Waals surface area contributed by atoms with Crippen LogP contribution < -0.4 is 4.74 Å². The Hall–Kier alpha value is -0.930. The Kier molecular flexibility index (Phi) is 3.26. The van der Waals surface area contributed by atoms with Gasteiger partial charge in [0.05, 0.1) is 25.2 Å². The lowest BCUT2D eigenvalue weighted by Crippen LogP contribution is -2.09. The molecule has 2 rings (SSSR count). The van der Waals surface area contributed by atoms with Crippen LogP contribution in [0.1, 0.15) is 17.9 Å². The third-order valence-electron chi connectivity index (χ3n) is 2.55. The number of ether oxygens (including phenoxy) is 2. The SMILES string of the molecule is COC(=O)C[C@H]1COc2c(Cl)cc(Cl)cc21. The molecule has 1 heterocycles. The van der Waals surface area contributed by atoms with Crippen molar-refractivity contribution in [2.45, 2.75) is 12.3 Å². The van der Waals surface area contributed by atoms with Gasteiger partial charge < -0.3 is 9.47 Å². The van der Waals surface area contributed by atoms with Crippen LogP contribution in [0.4, 0.5) is 0 Å². The van der Waals surface area contributed by atoms with E-state index in [1.54, 1.807) is 12.1 Å². The van der Waals surface area contributed by atoms with Crippen molar-refractivity contribution in [3.63, 3.8) is 0 Å². The lowest BCUT2D eigenvalue weighted by molar-refractivity contribution is -0.141. The van der Waals surface area contributed by atoms with Gasteiger partial charge in [-0.1, -0.05) is 23.2 Å². The zero-order chi connectivity index (χ0) is 11.7. The van der Waals surface area contributed by atoms with Gasteiger partial charge in [-0.25, -0.2) is 0 Å². The predicted octanol–water partition coefficient (Wildman–Crippen LogP) is 3.03. The third kappa shape index (κ3) is 2.11. The molecule has 0 bridgehead atoms. The number of esters is 1. The second kappa shape index (κ2) is 4.52. The molecular weight excluding hydrogens is 251 g/mol. The number of methoxy groups -OCH3 is 1. The number of carbonyl (C=O) groups excluding carboxylic acids is 1. The van der Waals surface area contributed by atoms with Crippen LogP contribution >= 0.6 is 23.2 Å². The van der Waals surface area contributed by atoms with Gasteiger partial charge in [-0.2, -0.15) is 0 Å². The van der Waals surface area contributed by atoms with Gasteiger partial charge in [0.2, 0.25) is 0 Å². The van der Waals surface area contributed by atoms with E-state index >= 15 is 0 Å². The first-order chi connectivity index (χ1) is 7.61. The van der Waals surface area contributed by atoms with Crippen LogP contribution in [0.15, 0.2) is 12.1 Å². The summed E-state index contributed by atoms with van der Waals surface area (Å²) in [6.45, 7) is 0.435. The summed E-state index contributed by atoms with van der Waals surface area (Å²) in [5.74, 6) is 0.330. The zero-order valence-electron chi connectivity index (χ0n) is 8.63. The fraction of sp³-hybridized carbons (Fsp3) is 0.364. The molecule has 0 amide bonds. The molecule has 0 saturated carbocycles. The van der Waals surface area contributed by atoms with Gasteiger partial charge in [-0.15, -0.1) is 0 Å². The summed E-state index contributed by atoms with van der Waals surface area (Å²) in [6.07, 6.45) is 0.278. The van der Waals surface area contributed by atoms with Crippen LogP contribution in [0.2, 0.25) is 10.0 Å². The van der Waals surface area contributed by atoms with E-state index in [1.807, 2.05) is 0 Å². The number of hydrogen-bond acceptors (Lipinski definition) is 3. The highest BCUT2D eigenvalue weighted by Crippen LogP contribution is 2.42. The molecule has 0 unspecified atom stereocenters. The predicted molar refractivity (Wildman–Crippen MR) is 61.3 cm³/mol. The Morgan fingerprint density at radius 3 is 3.00 bits per heavy atom. The minimum atomic E-state index is -0.266. The Morgan fingerprint density at radius 1 is 1.56 bits per heavy atom. The van der Waals surface area contributed by atoms with Gasteiger partial charge in [-0.05, 0) is 12.1 Å². The highest BCUT2D eigenvalue weighted by molar-refractivity contribution is 6.35. The van der Waals surface area contributed by atoms with Crippen molar-refractivity contribution in [3.05, 3.63) is 27.7 Å². The minimum absolute atomic E-state index is 0.0290. The molecule has 3 nitrogen and oxygen atoms in total. The molecule has 1 aliphatic rings. The quantitative estimate of drug-likeness (QED) is 0.767. The molecule has 0 N–H and O–H groups in total. The van der Waals surface area contributed by atoms with Crippen molar-refractivity contribution in [1.82, 2.24) is 0 Å².